The zero-order valence-electron chi connectivity index (χ0n) is 18.1. The summed E-state index contributed by atoms with van der Waals surface area (Å²) in [5.41, 5.74) is 13.3. The number of benzene rings is 2. The number of amides is 2. The van der Waals surface area contributed by atoms with Crippen molar-refractivity contribution in [1.82, 2.24) is 15.1 Å². The van der Waals surface area contributed by atoms with Gasteiger partial charge in [-0.3, -0.25) is 9.59 Å². The molecule has 1 aromatic heterocycles. The Bertz CT molecular complexity index is 1260. The number of carbonyl (C=O) groups excluding carboxylic acids is 2. The number of halogens is 3. The number of nitrogens with one attached hydrogen (secondary N) is 1. The van der Waals surface area contributed by atoms with Crippen LogP contribution < -0.4 is 16.8 Å². The number of nitrogens with two attached hydrogens (primary N) is 2. The molecule has 0 aliphatic carbocycles. The molecule has 1 atom stereocenters. The summed E-state index contributed by atoms with van der Waals surface area (Å²) >= 11 is 0. The van der Waals surface area contributed by atoms with Crippen LogP contribution in [0.25, 0.3) is 11.3 Å². The maximum Gasteiger partial charge on any atom is 0.295 e. The molecule has 0 bridgehead atoms. The zero-order valence-corrected chi connectivity index (χ0v) is 18.1. The predicted molar refractivity (Wildman–Crippen MR) is 118 cm³/mol. The number of ether oxygens (including phenoxy) is 1. The first kappa shape index (κ1) is 23.3. The smallest absolute Gasteiger partial charge is 0.295 e. The first-order valence-corrected chi connectivity index (χ1v) is 10.4. The molecule has 178 valence electrons. The number of hydrogen-bond acceptors (Lipinski definition) is 5. The summed E-state index contributed by atoms with van der Waals surface area (Å²) in [5, 5.41) is 6.88. The minimum Gasteiger partial charge on any atom is -0.383 e. The Kier molecular flexibility index (Phi) is 6.05. The molecule has 0 radical (unpaired) electrons. The lowest BCUT2D eigenvalue weighted by Gasteiger charge is -2.18. The van der Waals surface area contributed by atoms with E-state index in [0.717, 1.165) is 4.68 Å². The monoisotopic (exact) mass is 473 g/mol. The number of carbonyl (C=O) groups is 2. The van der Waals surface area contributed by atoms with Gasteiger partial charge in [-0.2, -0.15) is 5.10 Å². The number of nitrogens with zero attached hydrogens (tertiary/aromatic N) is 2. The average molecular weight is 473 g/mol. The third-order valence-corrected chi connectivity index (χ3v) is 5.67. The summed E-state index contributed by atoms with van der Waals surface area (Å²) in [6, 6.07) is 9.06. The quantitative estimate of drug-likeness (QED) is 0.508. The molecule has 2 aromatic carbocycles. The lowest BCUT2D eigenvalue weighted by molar-refractivity contribution is -0.0344. The molecule has 1 aliphatic heterocycles. The molecule has 1 fully saturated rings. The highest BCUT2D eigenvalue weighted by atomic mass is 19.3. The fourth-order valence-electron chi connectivity index (χ4n) is 3.80. The summed E-state index contributed by atoms with van der Waals surface area (Å²) in [4.78, 5) is 24.4. The van der Waals surface area contributed by atoms with Gasteiger partial charge in [-0.25, -0.2) is 17.9 Å². The van der Waals surface area contributed by atoms with E-state index in [4.69, 9.17) is 16.2 Å². The minimum atomic E-state index is -3.20. The van der Waals surface area contributed by atoms with E-state index in [2.05, 4.69) is 10.4 Å². The number of alkyl halides is 2. The molecule has 2 amide bonds. The molecular weight excluding hydrogens is 451 g/mol. The second-order valence-electron chi connectivity index (χ2n) is 8.05. The SMILES string of the molecule is Cc1ccc(F)cc1C(=O)NCc1ccc(-c2nn(C3COCC3(F)F)c(N)c2C(N)=O)cc1. The van der Waals surface area contributed by atoms with Crippen molar-refractivity contribution in [1.29, 1.82) is 0 Å². The maximum atomic E-state index is 14.2. The van der Waals surface area contributed by atoms with Crippen molar-refractivity contribution >= 4 is 17.6 Å². The first-order chi connectivity index (χ1) is 16.1. The maximum absolute atomic E-state index is 14.2. The Hall–Kier alpha value is -3.86. The highest BCUT2D eigenvalue weighted by Crippen LogP contribution is 2.38. The van der Waals surface area contributed by atoms with E-state index < -0.39 is 36.2 Å². The normalized spacial score (nSPS) is 17.0. The Balaban J connectivity index is 1.56. The Morgan fingerprint density at radius 1 is 1.24 bits per heavy atom. The van der Waals surface area contributed by atoms with E-state index in [1.165, 1.54) is 18.2 Å². The van der Waals surface area contributed by atoms with Gasteiger partial charge in [-0.05, 0) is 30.2 Å². The van der Waals surface area contributed by atoms with E-state index >= 15 is 0 Å². The molecule has 0 spiro atoms. The second kappa shape index (κ2) is 8.82. The van der Waals surface area contributed by atoms with Crippen LogP contribution in [0.1, 0.15) is 37.9 Å². The summed E-state index contributed by atoms with van der Waals surface area (Å²) in [6.45, 7) is 0.783. The summed E-state index contributed by atoms with van der Waals surface area (Å²) in [6.07, 6.45) is 0. The van der Waals surface area contributed by atoms with Gasteiger partial charge < -0.3 is 21.5 Å². The third kappa shape index (κ3) is 4.34. The lowest BCUT2D eigenvalue weighted by atomic mass is 10.0. The van der Waals surface area contributed by atoms with Crippen LogP contribution in [0.3, 0.4) is 0 Å². The largest absolute Gasteiger partial charge is 0.383 e. The number of rotatable bonds is 6. The van der Waals surface area contributed by atoms with Crippen LogP contribution in [0, 0.1) is 12.7 Å². The van der Waals surface area contributed by atoms with Gasteiger partial charge in [-0.15, -0.1) is 0 Å². The molecule has 2 heterocycles. The van der Waals surface area contributed by atoms with Gasteiger partial charge in [0, 0.05) is 17.7 Å². The predicted octanol–water partition coefficient (Wildman–Crippen LogP) is 2.82. The molecule has 1 saturated heterocycles. The molecular formula is C23H22F3N5O3. The Labute approximate surface area is 192 Å². The van der Waals surface area contributed by atoms with Gasteiger partial charge in [0.15, 0.2) is 0 Å². The van der Waals surface area contributed by atoms with Crippen LogP contribution in [0.2, 0.25) is 0 Å². The van der Waals surface area contributed by atoms with Crippen molar-refractivity contribution in [3.63, 3.8) is 0 Å². The van der Waals surface area contributed by atoms with Crippen molar-refractivity contribution < 1.29 is 27.5 Å². The first-order valence-electron chi connectivity index (χ1n) is 10.4. The number of nitrogen functional groups attached to an aromatic ring is 1. The van der Waals surface area contributed by atoms with Crippen LogP contribution in [0.15, 0.2) is 42.5 Å². The molecule has 4 rings (SSSR count). The van der Waals surface area contributed by atoms with E-state index in [1.807, 2.05) is 0 Å². The summed E-state index contributed by atoms with van der Waals surface area (Å²) in [5.74, 6) is -5.30. The van der Waals surface area contributed by atoms with Gasteiger partial charge in [0.05, 0.1) is 6.61 Å². The number of anilines is 1. The van der Waals surface area contributed by atoms with E-state index in [-0.39, 0.29) is 35.8 Å². The van der Waals surface area contributed by atoms with Crippen LogP contribution in [0.5, 0.6) is 0 Å². The van der Waals surface area contributed by atoms with Gasteiger partial charge in [0.25, 0.3) is 17.7 Å². The van der Waals surface area contributed by atoms with Gasteiger partial charge in [-0.1, -0.05) is 30.3 Å². The second-order valence-corrected chi connectivity index (χ2v) is 8.05. The minimum absolute atomic E-state index is 0.0682. The standard InChI is InChI=1S/C23H22F3N5O3/c1-12-2-7-15(24)8-16(12)22(33)29-9-13-3-5-14(6-4-13)19-18(21(28)32)20(27)31(30-19)17-10-34-11-23(17,25)26/h2-8,17H,9-11,27H2,1H3,(H2,28,32)(H,29,33). The number of aryl methyl sites for hydroxylation is 1. The van der Waals surface area contributed by atoms with Crippen LogP contribution in [0.4, 0.5) is 19.0 Å². The molecule has 1 unspecified atom stereocenters. The summed E-state index contributed by atoms with van der Waals surface area (Å²) < 4.78 is 47.6. The topological polar surface area (TPSA) is 125 Å². The number of primary amides is 1. The molecule has 8 nitrogen and oxygen atoms in total. The molecule has 3 aromatic rings. The van der Waals surface area contributed by atoms with Crippen LogP contribution >= 0.6 is 0 Å². The van der Waals surface area contributed by atoms with Gasteiger partial charge in [0.2, 0.25) is 0 Å². The van der Waals surface area contributed by atoms with Gasteiger partial charge >= 0.3 is 0 Å². The lowest BCUT2D eigenvalue weighted by Crippen LogP contribution is -2.31. The molecule has 0 saturated carbocycles. The molecule has 11 heteroatoms. The molecule has 1 aliphatic rings. The third-order valence-electron chi connectivity index (χ3n) is 5.67. The van der Waals surface area contributed by atoms with Crippen molar-refractivity contribution in [2.75, 3.05) is 18.9 Å². The van der Waals surface area contributed by atoms with Crippen molar-refractivity contribution in [3.05, 3.63) is 70.5 Å². The average Bonchev–Trinajstić information content (AvgIpc) is 3.32. The molecule has 34 heavy (non-hydrogen) atoms. The van der Waals surface area contributed by atoms with E-state index in [9.17, 15) is 22.8 Å². The summed E-state index contributed by atoms with van der Waals surface area (Å²) in [7, 11) is 0. The Morgan fingerprint density at radius 3 is 2.56 bits per heavy atom. The zero-order chi connectivity index (χ0) is 24.6. The van der Waals surface area contributed by atoms with Gasteiger partial charge in [0.1, 0.15) is 35.5 Å². The van der Waals surface area contributed by atoms with Crippen molar-refractivity contribution in [2.24, 2.45) is 5.73 Å². The Morgan fingerprint density at radius 2 is 1.94 bits per heavy atom. The van der Waals surface area contributed by atoms with Crippen molar-refractivity contribution in [2.45, 2.75) is 25.4 Å². The number of hydrogen-bond donors (Lipinski definition) is 3. The highest BCUT2D eigenvalue weighted by molar-refractivity contribution is 6.03. The molecule has 5 N–H and O–H groups in total. The fraction of sp³-hybridized carbons (Fsp3) is 0.261. The van der Waals surface area contributed by atoms with Crippen LogP contribution in [-0.4, -0.2) is 40.7 Å². The number of aromatic nitrogens is 2. The van der Waals surface area contributed by atoms with E-state index in [0.29, 0.717) is 16.7 Å². The highest BCUT2D eigenvalue weighted by Gasteiger charge is 2.48. The van der Waals surface area contributed by atoms with E-state index in [1.54, 1.807) is 31.2 Å². The fourth-order valence-corrected chi connectivity index (χ4v) is 3.80. The van der Waals surface area contributed by atoms with Crippen LogP contribution in [-0.2, 0) is 11.3 Å². The van der Waals surface area contributed by atoms with Crippen molar-refractivity contribution in [3.8, 4) is 11.3 Å².